The third-order valence-electron chi connectivity index (χ3n) is 13.1. The lowest BCUT2D eigenvalue weighted by atomic mass is 10.1. The molecular formula is C64H52Cl4N4O9. The number of hydrogen-bond donors (Lipinski definition) is 4. The van der Waals surface area contributed by atoms with Crippen molar-refractivity contribution in [2.75, 3.05) is 17.6 Å². The average Bonchev–Trinajstić information content (AvgIpc) is 3.80. The van der Waals surface area contributed by atoms with Gasteiger partial charge in [0.1, 0.15) is 42.1 Å². The highest BCUT2D eigenvalue weighted by molar-refractivity contribution is 6.44. The number of anilines is 2. The SMILES string of the molecule is Cc1c(CC=O)c2ccccc2n1C(=O)c1cccc(Cl)c1Cl.Cc1c(CCNc2ccc(C(=O)OCc3ccccc3)c(O)c2)c2ccccc2n1C(=O)c1cccc(Cl)c1Cl.Nc1ccc(C(=O)OCc2ccccc2)c(O)c1. The molecule has 0 radical (unpaired) electrons. The zero-order valence-electron chi connectivity index (χ0n) is 43.7. The summed E-state index contributed by atoms with van der Waals surface area (Å²) in [6.45, 7) is 4.56. The third kappa shape index (κ3) is 13.6. The van der Waals surface area contributed by atoms with Crippen molar-refractivity contribution in [3.8, 4) is 11.5 Å². The minimum Gasteiger partial charge on any atom is -0.507 e. The van der Waals surface area contributed by atoms with E-state index in [1.165, 1.54) is 24.3 Å². The number of benzene rings is 8. The Morgan fingerprint density at radius 3 is 1.46 bits per heavy atom. The molecule has 0 unspecified atom stereocenters. The van der Waals surface area contributed by atoms with Crippen molar-refractivity contribution in [2.45, 2.75) is 39.9 Å². The quantitative estimate of drug-likeness (QED) is 0.0460. The number of aromatic hydroxyl groups is 2. The van der Waals surface area contributed by atoms with Crippen LogP contribution in [0.2, 0.25) is 20.1 Å². The van der Waals surface area contributed by atoms with Gasteiger partial charge in [0.2, 0.25) is 0 Å². The van der Waals surface area contributed by atoms with E-state index in [0.717, 1.165) is 61.7 Å². The van der Waals surface area contributed by atoms with Crippen LogP contribution in [-0.4, -0.2) is 55.9 Å². The highest BCUT2D eigenvalue weighted by Crippen LogP contribution is 2.34. The number of nitrogens with one attached hydrogen (secondary N) is 1. The van der Waals surface area contributed by atoms with Crippen LogP contribution < -0.4 is 11.1 Å². The number of para-hydroxylation sites is 2. The molecule has 0 amide bonds. The van der Waals surface area contributed by atoms with Gasteiger partial charge in [-0.2, -0.15) is 0 Å². The maximum absolute atomic E-state index is 13.6. The van der Waals surface area contributed by atoms with Crippen LogP contribution in [0.5, 0.6) is 11.5 Å². The maximum Gasteiger partial charge on any atom is 0.342 e. The molecule has 2 aromatic heterocycles. The van der Waals surface area contributed by atoms with E-state index in [1.54, 1.807) is 57.7 Å². The van der Waals surface area contributed by atoms with Crippen molar-refractivity contribution in [3.05, 3.63) is 258 Å². The monoisotopic (exact) mass is 1160 g/mol. The number of fused-ring (bicyclic) bond motifs is 2. The molecule has 10 rings (SSSR count). The van der Waals surface area contributed by atoms with E-state index >= 15 is 0 Å². The smallest absolute Gasteiger partial charge is 0.342 e. The van der Waals surface area contributed by atoms with Crippen molar-refractivity contribution in [1.82, 2.24) is 9.13 Å². The molecule has 0 fully saturated rings. The fourth-order valence-corrected chi connectivity index (χ4v) is 9.86. The summed E-state index contributed by atoms with van der Waals surface area (Å²) in [6, 6.07) is 53.0. The fraction of sp³-hybridized carbons (Fsp3) is 0.109. The molecule has 13 nitrogen and oxygen atoms in total. The van der Waals surface area contributed by atoms with Crippen LogP contribution in [0.15, 0.2) is 182 Å². The second kappa shape index (κ2) is 26.9. The van der Waals surface area contributed by atoms with Crippen molar-refractivity contribution in [1.29, 1.82) is 0 Å². The molecule has 0 saturated carbocycles. The second-order valence-electron chi connectivity index (χ2n) is 18.3. The van der Waals surface area contributed by atoms with E-state index < -0.39 is 11.9 Å². The summed E-state index contributed by atoms with van der Waals surface area (Å²) in [5.74, 6) is -2.02. The van der Waals surface area contributed by atoms with Gasteiger partial charge in [-0.15, -0.1) is 0 Å². The zero-order valence-corrected chi connectivity index (χ0v) is 46.7. The Kier molecular flexibility index (Phi) is 19.3. The first-order chi connectivity index (χ1) is 39.1. The van der Waals surface area contributed by atoms with Crippen molar-refractivity contribution >= 4 is 110 Å². The van der Waals surface area contributed by atoms with Gasteiger partial charge in [0.25, 0.3) is 11.8 Å². The molecule has 410 valence electrons. The van der Waals surface area contributed by atoms with Crippen LogP contribution >= 0.6 is 46.4 Å². The van der Waals surface area contributed by atoms with Crippen LogP contribution in [0.3, 0.4) is 0 Å². The highest BCUT2D eigenvalue weighted by Gasteiger charge is 2.24. The molecule has 0 spiro atoms. The highest BCUT2D eigenvalue weighted by atomic mass is 35.5. The van der Waals surface area contributed by atoms with Gasteiger partial charge in [-0.05, 0) is 103 Å². The van der Waals surface area contributed by atoms with Crippen LogP contribution in [0, 0.1) is 13.8 Å². The topological polar surface area (TPSA) is 192 Å². The molecule has 0 aliphatic rings. The number of ether oxygens (including phenoxy) is 2. The number of nitrogen functional groups attached to an aromatic ring is 1. The van der Waals surface area contributed by atoms with Gasteiger partial charge >= 0.3 is 11.9 Å². The normalized spacial score (nSPS) is 10.7. The number of rotatable bonds is 14. The van der Waals surface area contributed by atoms with Crippen molar-refractivity contribution in [2.24, 2.45) is 0 Å². The van der Waals surface area contributed by atoms with Gasteiger partial charge in [0.05, 0.1) is 42.3 Å². The van der Waals surface area contributed by atoms with E-state index in [4.69, 9.17) is 61.6 Å². The van der Waals surface area contributed by atoms with Gasteiger partial charge < -0.3 is 35.5 Å². The first-order valence-corrected chi connectivity index (χ1v) is 26.7. The zero-order chi connectivity index (χ0) is 57.7. The van der Waals surface area contributed by atoms with E-state index in [1.807, 2.05) is 123 Å². The number of aldehydes is 1. The molecule has 81 heavy (non-hydrogen) atoms. The van der Waals surface area contributed by atoms with Crippen molar-refractivity contribution < 1.29 is 43.7 Å². The van der Waals surface area contributed by atoms with E-state index in [-0.39, 0.29) is 64.1 Å². The predicted molar refractivity (Wildman–Crippen MR) is 319 cm³/mol. The number of hydrogen-bond acceptors (Lipinski definition) is 11. The van der Waals surface area contributed by atoms with E-state index in [9.17, 15) is 34.2 Å². The Labute approximate surface area is 486 Å². The lowest BCUT2D eigenvalue weighted by molar-refractivity contribution is -0.107. The van der Waals surface area contributed by atoms with Gasteiger partial charge in [0, 0.05) is 58.6 Å². The summed E-state index contributed by atoms with van der Waals surface area (Å²) >= 11 is 24.7. The number of phenolic OH excluding ortho intramolecular Hbond substituents is 2. The fourth-order valence-electron chi connectivity index (χ4n) is 9.10. The lowest BCUT2D eigenvalue weighted by Crippen LogP contribution is -2.15. The summed E-state index contributed by atoms with van der Waals surface area (Å²) < 4.78 is 13.7. The largest absolute Gasteiger partial charge is 0.507 e. The minimum absolute atomic E-state index is 0.0959. The first-order valence-electron chi connectivity index (χ1n) is 25.2. The Bertz CT molecular complexity index is 3960. The molecule has 0 saturated heterocycles. The molecule has 0 bridgehead atoms. The molecule has 5 N–H and O–H groups in total. The van der Waals surface area contributed by atoms with Crippen LogP contribution in [0.4, 0.5) is 11.4 Å². The van der Waals surface area contributed by atoms with E-state index in [2.05, 4.69) is 5.32 Å². The molecule has 0 aliphatic heterocycles. The minimum atomic E-state index is -0.596. The standard InChI is InChI=1S/C32H26Cl2N2O4.C18H13Cl2NO2.C14H13NO3/c1-20-23(24-10-5-6-13-28(24)36(20)31(38)26-11-7-12-27(33)30(26)34)16-17-35-22-14-15-25(29(37)18-22)32(39)40-19-21-8-3-2-4-9-21;1-11-12(9-10-22)13-5-2-3-8-16(13)21(11)18(23)14-6-4-7-15(19)17(14)20;15-11-6-7-12(13(16)8-11)14(17)18-9-10-4-2-1-3-5-10/h2-15,18,35,37H,16-17,19H2,1H3;2-8,10H,9H2,1H3;1-8,16H,9,15H2. The summed E-state index contributed by atoms with van der Waals surface area (Å²) in [4.78, 5) is 61.7. The molecule has 17 heteroatoms. The summed E-state index contributed by atoms with van der Waals surface area (Å²) in [5.41, 5.74) is 14.1. The number of esters is 2. The average molecular weight is 1160 g/mol. The van der Waals surface area contributed by atoms with Gasteiger partial charge in [0.15, 0.2) is 0 Å². The van der Waals surface area contributed by atoms with E-state index in [0.29, 0.717) is 45.5 Å². The van der Waals surface area contributed by atoms with Crippen LogP contribution in [-0.2, 0) is 40.3 Å². The third-order valence-corrected chi connectivity index (χ3v) is 14.8. The Morgan fingerprint density at radius 2 is 0.975 bits per heavy atom. The molecule has 0 atom stereocenters. The van der Waals surface area contributed by atoms with Crippen molar-refractivity contribution in [3.63, 3.8) is 0 Å². The molecule has 0 aliphatic carbocycles. The molecule has 10 aromatic rings. The van der Waals surface area contributed by atoms with Gasteiger partial charge in [-0.3, -0.25) is 18.7 Å². The summed E-state index contributed by atoms with van der Waals surface area (Å²) in [6.07, 6.45) is 1.71. The number of aromatic nitrogens is 2. The summed E-state index contributed by atoms with van der Waals surface area (Å²) in [5, 5.41) is 26.3. The Morgan fingerprint density at radius 1 is 0.531 bits per heavy atom. The maximum atomic E-state index is 13.6. The first kappa shape index (κ1) is 58.3. The lowest BCUT2D eigenvalue weighted by Gasteiger charge is -2.11. The van der Waals surface area contributed by atoms with Crippen LogP contribution in [0.1, 0.15) is 75.1 Å². The molecule has 2 heterocycles. The molecular weight excluding hydrogens is 1110 g/mol. The summed E-state index contributed by atoms with van der Waals surface area (Å²) in [7, 11) is 0. The Hall–Kier alpha value is -8.85. The van der Waals surface area contributed by atoms with Gasteiger partial charge in [-0.25, -0.2) is 9.59 Å². The second-order valence-corrected chi connectivity index (χ2v) is 19.9. The predicted octanol–water partition coefficient (Wildman–Crippen LogP) is 14.7. The van der Waals surface area contributed by atoms with Crippen LogP contribution in [0.25, 0.3) is 21.8 Å². The number of nitrogens with two attached hydrogens (primary N) is 1. The number of halogens is 4. The molecule has 8 aromatic carbocycles. The number of carbonyl (C=O) groups excluding carboxylic acids is 5. The number of carbonyl (C=O) groups is 5. The number of nitrogens with zero attached hydrogens (tertiary/aromatic N) is 2. The Balaban J connectivity index is 0.000000177. The number of phenols is 2. The van der Waals surface area contributed by atoms with Gasteiger partial charge in [-0.1, -0.05) is 156 Å².